The summed E-state index contributed by atoms with van der Waals surface area (Å²) in [7, 11) is 1.42. The summed E-state index contributed by atoms with van der Waals surface area (Å²) in [6.45, 7) is 2.19. The normalized spacial score (nSPS) is 18.3. The molecule has 0 radical (unpaired) electrons. The molecule has 0 aromatic carbocycles. The second-order valence-electron chi connectivity index (χ2n) is 8.58. The molecule has 11 nitrogen and oxygen atoms in total. The van der Waals surface area contributed by atoms with E-state index < -0.39 is 17.0 Å². The van der Waals surface area contributed by atoms with Crippen molar-refractivity contribution in [3.05, 3.63) is 39.6 Å². The van der Waals surface area contributed by atoms with Crippen LogP contribution in [0.25, 0.3) is 16.2 Å². The summed E-state index contributed by atoms with van der Waals surface area (Å²) >= 11 is 1.29. The molecule has 1 atom stereocenters. The lowest BCUT2D eigenvalue weighted by Gasteiger charge is -2.39. The fraction of sp³-hybridized carbons (Fsp3) is 0.435. The molecule has 12 heteroatoms. The van der Waals surface area contributed by atoms with Crippen LogP contribution in [0.3, 0.4) is 0 Å². The van der Waals surface area contributed by atoms with Crippen molar-refractivity contribution in [3.8, 4) is 10.9 Å². The molecular weight excluding hydrogens is 474 g/mol. The Morgan fingerprint density at radius 2 is 2.17 bits per heavy atom. The molecule has 2 aliphatic rings. The number of nitrogens with zero attached hydrogens (tertiary/aromatic N) is 4. The van der Waals surface area contributed by atoms with E-state index in [9.17, 15) is 19.5 Å². The Morgan fingerprint density at radius 1 is 1.34 bits per heavy atom. The van der Waals surface area contributed by atoms with Gasteiger partial charge in [-0.05, 0) is 19.3 Å². The first-order valence-electron chi connectivity index (χ1n) is 11.4. The smallest absolute Gasteiger partial charge is 0.341 e. The molecular formula is C23H25N5O6S. The minimum Gasteiger partial charge on any atom is -0.496 e. The number of methoxy groups -OCH3 is 1. The molecule has 0 bridgehead atoms. The maximum absolute atomic E-state index is 13.0. The number of aromatic nitrogens is 3. The van der Waals surface area contributed by atoms with Gasteiger partial charge in [0, 0.05) is 50.1 Å². The van der Waals surface area contributed by atoms with Crippen LogP contribution >= 0.6 is 11.3 Å². The van der Waals surface area contributed by atoms with Gasteiger partial charge in [0.25, 0.3) is 0 Å². The van der Waals surface area contributed by atoms with Gasteiger partial charge in [-0.3, -0.25) is 14.2 Å². The van der Waals surface area contributed by atoms with Crippen molar-refractivity contribution >= 4 is 40.1 Å². The van der Waals surface area contributed by atoms with Gasteiger partial charge in [-0.1, -0.05) is 0 Å². The van der Waals surface area contributed by atoms with E-state index in [2.05, 4.69) is 15.3 Å². The Bertz CT molecular complexity index is 1310. The number of anilines is 1. The van der Waals surface area contributed by atoms with Gasteiger partial charge in [0.1, 0.15) is 22.5 Å². The number of hydrogen-bond donors (Lipinski definition) is 2. The molecule has 2 N–H and O–H groups in total. The van der Waals surface area contributed by atoms with Crippen molar-refractivity contribution in [1.82, 2.24) is 19.9 Å². The maximum Gasteiger partial charge on any atom is 0.341 e. The predicted octanol–water partition coefficient (Wildman–Crippen LogP) is 1.67. The van der Waals surface area contributed by atoms with E-state index in [1.807, 2.05) is 4.90 Å². The van der Waals surface area contributed by atoms with Crippen LogP contribution in [0.5, 0.6) is 5.75 Å². The topological polar surface area (TPSA) is 136 Å². The van der Waals surface area contributed by atoms with Crippen molar-refractivity contribution in [3.63, 3.8) is 0 Å². The van der Waals surface area contributed by atoms with Gasteiger partial charge in [-0.25, -0.2) is 14.8 Å². The number of pyridine rings is 2. The van der Waals surface area contributed by atoms with Crippen LogP contribution < -0.4 is 20.4 Å². The molecule has 0 aliphatic carbocycles. The number of carbonyl (C=O) groups excluding carboxylic acids is 1. The molecule has 2 saturated heterocycles. The van der Waals surface area contributed by atoms with Gasteiger partial charge in [0.2, 0.25) is 11.3 Å². The molecule has 184 valence electrons. The van der Waals surface area contributed by atoms with Gasteiger partial charge in [0.15, 0.2) is 10.8 Å². The van der Waals surface area contributed by atoms with Gasteiger partial charge in [-0.2, -0.15) is 0 Å². The highest BCUT2D eigenvalue weighted by atomic mass is 32.1. The zero-order chi connectivity index (χ0) is 24.5. The molecule has 3 aromatic heterocycles. The van der Waals surface area contributed by atoms with Crippen LogP contribution in [0.15, 0.2) is 28.6 Å². The number of hydrogen-bond acceptors (Lipinski definition) is 9. The molecule has 35 heavy (non-hydrogen) atoms. The Kier molecular flexibility index (Phi) is 6.39. The number of carboxylic acid groups (broad SMARTS) is 1. The highest BCUT2D eigenvalue weighted by molar-refractivity contribution is 7.12. The first-order chi connectivity index (χ1) is 17.0. The number of amides is 1. The Balaban J connectivity index is 1.41. The number of ether oxygens (including phenoxy) is 2. The van der Waals surface area contributed by atoms with Crippen molar-refractivity contribution in [1.29, 1.82) is 0 Å². The standard InChI is InChI=1S/C23H25N5O6S/c1-33-16-8-17(27-10-13(11-27)21(30)25-9-14-4-2-3-6-34-14)26-20-18(16)19(29)15(22(31)32)12-28(20)23-24-5-7-35-23/h5,7-8,12-14H,2-4,6,9-11H2,1H3,(H,25,30)(H,31,32). The summed E-state index contributed by atoms with van der Waals surface area (Å²) in [5, 5.41) is 14.8. The summed E-state index contributed by atoms with van der Waals surface area (Å²) in [4.78, 5) is 48.1. The van der Waals surface area contributed by atoms with Gasteiger partial charge in [-0.15, -0.1) is 11.3 Å². The number of carboxylic acids is 1. The summed E-state index contributed by atoms with van der Waals surface area (Å²) < 4.78 is 12.6. The molecule has 1 amide bonds. The Hall–Kier alpha value is -3.51. The second-order valence-corrected chi connectivity index (χ2v) is 9.45. The molecule has 5 rings (SSSR count). The third-order valence-electron chi connectivity index (χ3n) is 6.34. The fourth-order valence-electron chi connectivity index (χ4n) is 4.38. The number of fused-ring (bicyclic) bond motifs is 1. The van der Waals surface area contributed by atoms with E-state index in [0.29, 0.717) is 30.6 Å². The van der Waals surface area contributed by atoms with Crippen LogP contribution in [0, 0.1) is 5.92 Å². The molecule has 2 fully saturated rings. The minimum atomic E-state index is -1.34. The summed E-state index contributed by atoms with van der Waals surface area (Å²) in [6.07, 6.45) is 6.05. The van der Waals surface area contributed by atoms with Gasteiger partial charge in [0.05, 0.1) is 19.1 Å². The van der Waals surface area contributed by atoms with Crippen molar-refractivity contribution in [2.24, 2.45) is 5.92 Å². The maximum atomic E-state index is 13.0. The highest BCUT2D eigenvalue weighted by Crippen LogP contribution is 2.32. The molecule has 1 unspecified atom stereocenters. The Labute approximate surface area is 204 Å². The first-order valence-corrected chi connectivity index (χ1v) is 12.3. The number of aromatic carboxylic acids is 1. The lowest BCUT2D eigenvalue weighted by molar-refractivity contribution is -0.126. The number of thiazole rings is 1. The van der Waals surface area contributed by atoms with E-state index in [1.165, 1.54) is 29.2 Å². The Morgan fingerprint density at radius 3 is 2.83 bits per heavy atom. The lowest BCUT2D eigenvalue weighted by Crippen LogP contribution is -2.55. The molecule has 0 saturated carbocycles. The van der Waals surface area contributed by atoms with Gasteiger partial charge >= 0.3 is 5.97 Å². The van der Waals surface area contributed by atoms with Crippen LogP contribution in [0.4, 0.5) is 5.82 Å². The van der Waals surface area contributed by atoms with Crippen LogP contribution in [-0.2, 0) is 9.53 Å². The molecule has 2 aliphatic heterocycles. The van der Waals surface area contributed by atoms with Crippen molar-refractivity contribution in [2.75, 3.05) is 38.3 Å². The number of rotatable bonds is 7. The third-order valence-corrected chi connectivity index (χ3v) is 7.11. The zero-order valence-electron chi connectivity index (χ0n) is 19.1. The number of carbonyl (C=O) groups is 2. The predicted molar refractivity (Wildman–Crippen MR) is 129 cm³/mol. The SMILES string of the molecule is COc1cc(N2CC(C(=O)NCC3CCCCO3)C2)nc2c1c(=O)c(C(=O)O)cn2-c1nccs1. The van der Waals surface area contributed by atoms with E-state index in [4.69, 9.17) is 9.47 Å². The summed E-state index contributed by atoms with van der Waals surface area (Å²) in [5.74, 6) is -0.803. The van der Waals surface area contributed by atoms with Crippen LogP contribution in [0.1, 0.15) is 29.6 Å². The average Bonchev–Trinajstić information content (AvgIpc) is 3.36. The van der Waals surface area contributed by atoms with Crippen LogP contribution in [-0.4, -0.2) is 71.0 Å². The largest absolute Gasteiger partial charge is 0.496 e. The number of nitrogens with one attached hydrogen (secondary N) is 1. The first kappa shape index (κ1) is 23.2. The molecule has 5 heterocycles. The van der Waals surface area contributed by atoms with E-state index in [1.54, 1.807) is 17.6 Å². The average molecular weight is 500 g/mol. The lowest BCUT2D eigenvalue weighted by atomic mass is 9.98. The second kappa shape index (κ2) is 9.62. The molecule has 3 aromatic rings. The summed E-state index contributed by atoms with van der Waals surface area (Å²) in [6, 6.07) is 1.60. The minimum absolute atomic E-state index is 0.0195. The molecule has 0 spiro atoms. The van der Waals surface area contributed by atoms with Crippen LogP contribution in [0.2, 0.25) is 0 Å². The van der Waals surface area contributed by atoms with E-state index >= 15 is 0 Å². The van der Waals surface area contributed by atoms with E-state index in [0.717, 1.165) is 25.9 Å². The summed E-state index contributed by atoms with van der Waals surface area (Å²) in [5.41, 5.74) is -0.836. The quantitative estimate of drug-likeness (QED) is 0.497. The monoisotopic (exact) mass is 499 g/mol. The van der Waals surface area contributed by atoms with Crippen molar-refractivity contribution < 1.29 is 24.2 Å². The van der Waals surface area contributed by atoms with E-state index in [-0.39, 0.29) is 34.7 Å². The third kappa shape index (κ3) is 4.46. The zero-order valence-corrected chi connectivity index (χ0v) is 19.9. The highest BCUT2D eigenvalue weighted by Gasteiger charge is 2.35. The van der Waals surface area contributed by atoms with Crippen molar-refractivity contribution in [2.45, 2.75) is 25.4 Å². The van der Waals surface area contributed by atoms with Gasteiger partial charge < -0.3 is 24.8 Å². The fourth-order valence-corrected chi connectivity index (χ4v) is 5.00.